The predicted octanol–water partition coefficient (Wildman–Crippen LogP) is 4.80. The van der Waals surface area contributed by atoms with Crippen LogP contribution in [0.15, 0.2) is 72.1 Å². The molecule has 1 nitrogen and oxygen atoms in total. The molecule has 0 atom stereocenters. The summed E-state index contributed by atoms with van der Waals surface area (Å²) in [6.45, 7) is 1.56. The molecule has 2 rings (SSSR count). The monoisotopic (exact) mass is 266 g/mol. The zero-order valence-electron chi connectivity index (χ0n) is 11.2. The molecular formula is C18H15FO. The van der Waals surface area contributed by atoms with Gasteiger partial charge in [-0.2, -0.15) is 0 Å². The summed E-state index contributed by atoms with van der Waals surface area (Å²) in [5, 5.41) is 0. The molecule has 0 radical (unpaired) electrons. The van der Waals surface area contributed by atoms with Crippen LogP contribution in [0.5, 0.6) is 0 Å². The Hall–Kier alpha value is -2.48. The molecule has 0 N–H and O–H groups in total. The van der Waals surface area contributed by atoms with E-state index in [0.717, 1.165) is 5.56 Å². The molecule has 0 unspecified atom stereocenters. The second-order valence-electron chi connectivity index (χ2n) is 4.44. The Bertz CT molecular complexity index is 665. The van der Waals surface area contributed by atoms with Gasteiger partial charge in [-0.25, -0.2) is 4.39 Å². The number of allylic oxidation sites excluding steroid dienone is 5. The van der Waals surface area contributed by atoms with Crippen molar-refractivity contribution in [1.82, 2.24) is 0 Å². The van der Waals surface area contributed by atoms with Gasteiger partial charge in [0.25, 0.3) is 0 Å². The van der Waals surface area contributed by atoms with Crippen LogP contribution in [0.3, 0.4) is 0 Å². The second kappa shape index (κ2) is 6.62. The molecule has 0 amide bonds. The van der Waals surface area contributed by atoms with Crippen molar-refractivity contribution in [2.45, 2.75) is 6.92 Å². The summed E-state index contributed by atoms with van der Waals surface area (Å²) in [7, 11) is 0. The molecule has 0 aromatic carbocycles. The van der Waals surface area contributed by atoms with Crippen LogP contribution in [-0.2, 0) is 4.79 Å². The number of carbonyl (C=O) groups is 1. The summed E-state index contributed by atoms with van der Waals surface area (Å²) < 4.78 is 12.9. The highest BCUT2D eigenvalue weighted by Crippen LogP contribution is 2.27. The van der Waals surface area contributed by atoms with E-state index in [1.54, 1.807) is 19.1 Å². The van der Waals surface area contributed by atoms with Crippen molar-refractivity contribution in [3.05, 3.63) is 77.7 Å². The third kappa shape index (κ3) is 3.29. The number of hydrogen-bond acceptors (Lipinski definition) is 1. The van der Waals surface area contributed by atoms with Gasteiger partial charge >= 0.3 is 0 Å². The fourth-order valence-electron chi connectivity index (χ4n) is 1.92. The summed E-state index contributed by atoms with van der Waals surface area (Å²) in [4.78, 5) is 10.3. The van der Waals surface area contributed by atoms with Gasteiger partial charge in [0, 0.05) is 0 Å². The smallest absolute Gasteiger partial charge is 0.178 e. The van der Waals surface area contributed by atoms with Gasteiger partial charge < -0.3 is 0 Å². The van der Waals surface area contributed by atoms with Crippen LogP contribution < -0.4 is 0 Å². The van der Waals surface area contributed by atoms with Crippen molar-refractivity contribution in [3.8, 4) is 11.1 Å². The molecular weight excluding hydrogens is 251 g/mol. The van der Waals surface area contributed by atoms with Gasteiger partial charge in [-0.15, -0.1) is 0 Å². The van der Waals surface area contributed by atoms with Gasteiger partial charge in [-0.3, -0.25) is 4.79 Å². The summed E-state index contributed by atoms with van der Waals surface area (Å²) in [5.74, 6) is -0.736. The fourth-order valence-corrected chi connectivity index (χ4v) is 1.92. The molecule has 0 heterocycles. The molecule has 0 bridgehead atoms. The molecule has 2 heteroatoms. The van der Waals surface area contributed by atoms with Crippen molar-refractivity contribution in [3.63, 3.8) is 0 Å². The van der Waals surface area contributed by atoms with Crippen LogP contribution in [0.4, 0.5) is 4.39 Å². The van der Waals surface area contributed by atoms with E-state index < -0.39 is 5.83 Å². The molecule has 0 fully saturated rings. The lowest BCUT2D eigenvalue weighted by atomic mass is 10.1. The molecule has 2 aliphatic rings. The Morgan fingerprint density at radius 3 is 2.65 bits per heavy atom. The molecule has 0 saturated heterocycles. The Kier molecular flexibility index (Phi) is 4.61. The first kappa shape index (κ1) is 13.9. The lowest BCUT2D eigenvalue weighted by molar-refractivity contribution is -0.106. The highest BCUT2D eigenvalue weighted by molar-refractivity contribution is 5.78. The van der Waals surface area contributed by atoms with E-state index in [1.165, 1.54) is 11.1 Å². The molecule has 0 aromatic rings. The third-order valence-corrected chi connectivity index (χ3v) is 3.04. The minimum absolute atomic E-state index is 0.216. The maximum absolute atomic E-state index is 12.9. The molecule has 100 valence electrons. The predicted molar refractivity (Wildman–Crippen MR) is 81.1 cm³/mol. The molecule has 0 aliphatic heterocycles. The van der Waals surface area contributed by atoms with E-state index in [9.17, 15) is 9.18 Å². The molecule has 2 aliphatic carbocycles. The van der Waals surface area contributed by atoms with Crippen molar-refractivity contribution in [1.29, 1.82) is 0 Å². The first-order chi connectivity index (χ1) is 9.72. The first-order valence-electron chi connectivity index (χ1n) is 6.36. The van der Waals surface area contributed by atoms with Crippen molar-refractivity contribution in [2.24, 2.45) is 0 Å². The Morgan fingerprint density at radius 1 is 1.05 bits per heavy atom. The zero-order valence-corrected chi connectivity index (χ0v) is 11.2. The van der Waals surface area contributed by atoms with Crippen molar-refractivity contribution >= 4 is 12.4 Å². The van der Waals surface area contributed by atoms with Crippen LogP contribution in [0.25, 0.3) is 17.2 Å². The van der Waals surface area contributed by atoms with Gasteiger partial charge in [0.05, 0.1) is 0 Å². The zero-order chi connectivity index (χ0) is 14.4. The Balaban J connectivity index is 2.17. The minimum atomic E-state index is -0.736. The standard InChI is InChI=1S/C18H15FO/c1-14(18(19)13-20)7-5-6-9-16-12-11-15-8-3-2-4-10-17(15)16/h2-13H,1H3. The number of fused-ring (bicyclic) bond motifs is 1. The normalized spacial score (nSPS) is 13.1. The average Bonchev–Trinajstić information content (AvgIpc) is 2.70. The van der Waals surface area contributed by atoms with Crippen molar-refractivity contribution < 1.29 is 9.18 Å². The van der Waals surface area contributed by atoms with Crippen LogP contribution in [-0.4, -0.2) is 6.29 Å². The van der Waals surface area contributed by atoms with Gasteiger partial charge in [-0.1, -0.05) is 66.8 Å². The minimum Gasteiger partial charge on any atom is -0.295 e. The Labute approximate surface area is 118 Å². The third-order valence-electron chi connectivity index (χ3n) is 3.04. The summed E-state index contributed by atoms with van der Waals surface area (Å²) in [6.07, 6.45) is 7.31. The van der Waals surface area contributed by atoms with Crippen LogP contribution in [0.2, 0.25) is 0 Å². The SMILES string of the molecule is CC(C=CC=Cc1ccc2cccccc1-2)=C(F)C=O. The fraction of sp³-hybridized carbons (Fsp3) is 0.0556. The van der Waals surface area contributed by atoms with Crippen LogP contribution in [0, 0.1) is 0 Å². The second-order valence-corrected chi connectivity index (χ2v) is 4.44. The number of aldehydes is 1. The van der Waals surface area contributed by atoms with E-state index in [1.807, 2.05) is 36.4 Å². The largest absolute Gasteiger partial charge is 0.295 e. The maximum atomic E-state index is 12.9. The molecule has 0 spiro atoms. The van der Waals surface area contributed by atoms with Gasteiger partial charge in [-0.05, 0) is 29.2 Å². The highest BCUT2D eigenvalue weighted by Gasteiger charge is 2.03. The topological polar surface area (TPSA) is 17.1 Å². The summed E-state index contributed by atoms with van der Waals surface area (Å²) in [5.41, 5.74) is 3.79. The van der Waals surface area contributed by atoms with Crippen molar-refractivity contribution in [2.75, 3.05) is 0 Å². The quantitative estimate of drug-likeness (QED) is 0.441. The van der Waals surface area contributed by atoms with E-state index >= 15 is 0 Å². The number of halogens is 1. The molecule has 0 saturated carbocycles. The van der Waals surface area contributed by atoms with Gasteiger partial charge in [0.15, 0.2) is 12.1 Å². The lowest BCUT2D eigenvalue weighted by Gasteiger charge is -1.94. The van der Waals surface area contributed by atoms with E-state index in [2.05, 4.69) is 18.2 Å². The average molecular weight is 266 g/mol. The summed E-state index contributed by atoms with van der Waals surface area (Å²) in [6, 6.07) is 14.2. The lowest BCUT2D eigenvalue weighted by Crippen LogP contribution is -1.78. The number of hydrogen-bond donors (Lipinski definition) is 0. The molecule has 0 aromatic heterocycles. The van der Waals surface area contributed by atoms with E-state index in [-0.39, 0.29) is 6.29 Å². The number of rotatable bonds is 4. The Morgan fingerprint density at radius 2 is 1.85 bits per heavy atom. The van der Waals surface area contributed by atoms with Gasteiger partial charge in [0.2, 0.25) is 0 Å². The highest BCUT2D eigenvalue weighted by atomic mass is 19.1. The van der Waals surface area contributed by atoms with Crippen LogP contribution >= 0.6 is 0 Å². The number of carbonyl (C=O) groups excluding carboxylic acids is 1. The van der Waals surface area contributed by atoms with E-state index in [4.69, 9.17) is 0 Å². The van der Waals surface area contributed by atoms with Gasteiger partial charge in [0.1, 0.15) is 0 Å². The van der Waals surface area contributed by atoms with E-state index in [0.29, 0.717) is 5.57 Å². The van der Waals surface area contributed by atoms with Crippen LogP contribution in [0.1, 0.15) is 12.5 Å². The molecule has 20 heavy (non-hydrogen) atoms. The summed E-state index contributed by atoms with van der Waals surface area (Å²) >= 11 is 0. The maximum Gasteiger partial charge on any atom is 0.178 e. The first-order valence-corrected chi connectivity index (χ1v) is 6.36.